The molecule has 0 saturated heterocycles. The van der Waals surface area contributed by atoms with Crippen molar-refractivity contribution in [3.05, 3.63) is 77.4 Å². The van der Waals surface area contributed by atoms with Crippen LogP contribution < -0.4 is 15.4 Å². The van der Waals surface area contributed by atoms with Gasteiger partial charge >= 0.3 is 11.9 Å². The van der Waals surface area contributed by atoms with Crippen molar-refractivity contribution in [3.63, 3.8) is 0 Å². The van der Waals surface area contributed by atoms with Crippen molar-refractivity contribution in [2.45, 2.75) is 0 Å². The molecule has 4 rings (SSSR count). The number of halogens is 1. The van der Waals surface area contributed by atoms with Crippen LogP contribution in [0.2, 0.25) is 0 Å². The Hall–Kier alpha value is -4.31. The van der Waals surface area contributed by atoms with Crippen LogP contribution in [0.15, 0.2) is 66.7 Å². The number of nitrogens with zero attached hydrogens (tertiary/aromatic N) is 1. The van der Waals surface area contributed by atoms with Gasteiger partial charge in [0.1, 0.15) is 16.4 Å². The Kier molecular flexibility index (Phi) is 5.77. The lowest BCUT2D eigenvalue weighted by atomic mass is 10.1. The van der Waals surface area contributed by atoms with E-state index in [0.29, 0.717) is 5.69 Å². The number of aromatic nitrogens is 1. The number of nitrogens with one attached hydrogen (secondary N) is 2. The summed E-state index contributed by atoms with van der Waals surface area (Å²) in [4.78, 5) is 39.4. The molecule has 0 aliphatic heterocycles. The number of aliphatic carboxylic acids is 1. The van der Waals surface area contributed by atoms with Gasteiger partial charge in [0.2, 0.25) is 0 Å². The SMILES string of the molecule is O=C(O)C(=O)Nc1nc(Oc2cccc(F)c2)sc1C(=O)Nc1ccc2ccccc2c1. The molecule has 0 aliphatic carbocycles. The van der Waals surface area contributed by atoms with Crippen LogP contribution in [-0.4, -0.2) is 27.9 Å². The minimum atomic E-state index is -1.74. The number of carboxylic acid groups (broad SMARTS) is 1. The van der Waals surface area contributed by atoms with Crippen molar-refractivity contribution in [3.8, 4) is 10.9 Å². The van der Waals surface area contributed by atoms with E-state index in [1.165, 1.54) is 18.2 Å². The number of rotatable bonds is 5. The van der Waals surface area contributed by atoms with E-state index in [-0.39, 0.29) is 21.6 Å². The molecule has 1 aromatic heterocycles. The summed E-state index contributed by atoms with van der Waals surface area (Å²) in [5, 5.41) is 15.5. The number of hydrogen-bond acceptors (Lipinski definition) is 6. The van der Waals surface area contributed by atoms with Gasteiger partial charge in [-0.1, -0.05) is 47.7 Å². The molecule has 0 aliphatic rings. The zero-order valence-corrected chi connectivity index (χ0v) is 17.0. The summed E-state index contributed by atoms with van der Waals surface area (Å²) < 4.78 is 18.9. The number of benzene rings is 3. The first kappa shape index (κ1) is 20.9. The number of anilines is 2. The Balaban J connectivity index is 1.63. The average Bonchev–Trinajstić information content (AvgIpc) is 3.15. The van der Waals surface area contributed by atoms with Gasteiger partial charge in [-0.3, -0.25) is 14.9 Å². The number of carbonyl (C=O) groups is 3. The minimum Gasteiger partial charge on any atom is -0.474 e. The lowest BCUT2D eigenvalue weighted by molar-refractivity contribution is -0.147. The molecule has 0 atom stereocenters. The third-order valence-corrected chi connectivity index (χ3v) is 5.18. The number of hydrogen-bond donors (Lipinski definition) is 3. The zero-order valence-electron chi connectivity index (χ0n) is 16.2. The maximum absolute atomic E-state index is 13.4. The number of ether oxygens (including phenoxy) is 1. The van der Waals surface area contributed by atoms with Crippen molar-refractivity contribution in [2.75, 3.05) is 10.6 Å². The summed E-state index contributed by atoms with van der Waals surface area (Å²) in [5.41, 5.74) is 0.491. The van der Waals surface area contributed by atoms with Gasteiger partial charge in [-0.25, -0.2) is 9.18 Å². The highest BCUT2D eigenvalue weighted by Gasteiger charge is 2.23. The Morgan fingerprint density at radius 2 is 1.72 bits per heavy atom. The molecule has 0 fully saturated rings. The molecule has 0 unspecified atom stereocenters. The maximum atomic E-state index is 13.4. The molecule has 4 aromatic rings. The molecule has 0 bridgehead atoms. The van der Waals surface area contributed by atoms with E-state index in [0.717, 1.165) is 28.2 Å². The maximum Gasteiger partial charge on any atom is 0.394 e. The summed E-state index contributed by atoms with van der Waals surface area (Å²) in [6.07, 6.45) is 0. The Bertz CT molecular complexity index is 1350. The molecule has 8 nitrogen and oxygen atoms in total. The molecule has 3 aromatic carbocycles. The van der Waals surface area contributed by atoms with Gasteiger partial charge in [0.15, 0.2) is 5.82 Å². The van der Waals surface area contributed by atoms with Gasteiger partial charge in [-0.05, 0) is 35.0 Å². The smallest absolute Gasteiger partial charge is 0.394 e. The van der Waals surface area contributed by atoms with Crippen molar-refractivity contribution in [2.24, 2.45) is 0 Å². The second kappa shape index (κ2) is 8.82. The van der Waals surface area contributed by atoms with E-state index in [9.17, 15) is 18.8 Å². The third-order valence-electron chi connectivity index (χ3n) is 4.25. The number of fused-ring (bicyclic) bond motifs is 1. The highest BCUT2D eigenvalue weighted by Crippen LogP contribution is 2.33. The van der Waals surface area contributed by atoms with Crippen molar-refractivity contribution in [1.82, 2.24) is 4.98 Å². The fraction of sp³-hybridized carbons (Fsp3) is 0. The summed E-state index contributed by atoms with van der Waals surface area (Å²) in [5.74, 6) is -4.44. The number of thiazole rings is 1. The molecule has 1 heterocycles. The fourth-order valence-electron chi connectivity index (χ4n) is 2.83. The Morgan fingerprint density at radius 3 is 2.47 bits per heavy atom. The van der Waals surface area contributed by atoms with Gasteiger partial charge in [0, 0.05) is 11.8 Å². The topological polar surface area (TPSA) is 118 Å². The quantitative estimate of drug-likeness (QED) is 0.385. The molecular formula is C22H14FN3O5S. The predicted molar refractivity (Wildman–Crippen MR) is 117 cm³/mol. The summed E-state index contributed by atoms with van der Waals surface area (Å²) in [6.45, 7) is 0. The normalized spacial score (nSPS) is 10.5. The molecule has 0 radical (unpaired) electrons. The highest BCUT2D eigenvalue weighted by molar-refractivity contribution is 7.16. The first-order valence-corrected chi connectivity index (χ1v) is 9.99. The lowest BCUT2D eigenvalue weighted by Gasteiger charge is -2.06. The lowest BCUT2D eigenvalue weighted by Crippen LogP contribution is -2.23. The monoisotopic (exact) mass is 451 g/mol. The Morgan fingerprint density at radius 1 is 0.938 bits per heavy atom. The second-order valence-corrected chi connectivity index (χ2v) is 7.45. The largest absolute Gasteiger partial charge is 0.474 e. The molecule has 0 spiro atoms. The van der Waals surface area contributed by atoms with Crippen LogP contribution in [0.5, 0.6) is 10.9 Å². The van der Waals surface area contributed by atoms with E-state index in [1.807, 2.05) is 30.3 Å². The number of amides is 2. The van der Waals surface area contributed by atoms with Crippen LogP contribution in [0.25, 0.3) is 10.8 Å². The van der Waals surface area contributed by atoms with E-state index in [1.54, 1.807) is 12.1 Å². The van der Waals surface area contributed by atoms with Crippen LogP contribution in [0, 0.1) is 5.82 Å². The van der Waals surface area contributed by atoms with Crippen molar-refractivity contribution >= 4 is 51.4 Å². The van der Waals surface area contributed by atoms with Gasteiger partial charge in [-0.2, -0.15) is 4.98 Å². The molecule has 160 valence electrons. The molecule has 3 N–H and O–H groups in total. The number of carbonyl (C=O) groups excluding carboxylic acids is 2. The zero-order chi connectivity index (χ0) is 22.7. The number of carboxylic acids is 1. The molecule has 10 heteroatoms. The fourth-order valence-corrected chi connectivity index (χ4v) is 3.62. The minimum absolute atomic E-state index is 0.0834. The van der Waals surface area contributed by atoms with Crippen molar-refractivity contribution < 1.29 is 28.6 Å². The summed E-state index contributed by atoms with van der Waals surface area (Å²) >= 11 is 0.769. The summed E-state index contributed by atoms with van der Waals surface area (Å²) in [7, 11) is 0. The highest BCUT2D eigenvalue weighted by atomic mass is 32.1. The van der Waals surface area contributed by atoms with Crippen LogP contribution in [0.3, 0.4) is 0 Å². The van der Waals surface area contributed by atoms with Crippen molar-refractivity contribution in [1.29, 1.82) is 0 Å². The summed E-state index contributed by atoms with van der Waals surface area (Å²) in [6, 6.07) is 18.2. The molecule has 2 amide bonds. The van der Waals surface area contributed by atoms with E-state index in [4.69, 9.17) is 9.84 Å². The standard InChI is InChI=1S/C22H14FN3O5S/c23-14-6-3-7-16(11-14)31-22-26-18(25-20(28)21(29)30)17(32-22)19(27)24-15-9-8-12-4-1-2-5-13(12)10-15/h1-11H,(H,24,27)(H,25,28)(H,29,30). The van der Waals surface area contributed by atoms with Crippen LogP contribution >= 0.6 is 11.3 Å². The van der Waals surface area contributed by atoms with Gasteiger partial charge in [-0.15, -0.1) is 0 Å². The Labute approximate surface area is 184 Å². The van der Waals surface area contributed by atoms with Gasteiger partial charge < -0.3 is 15.2 Å². The third kappa shape index (κ3) is 4.71. The average molecular weight is 451 g/mol. The second-order valence-electron chi connectivity index (χ2n) is 6.49. The van der Waals surface area contributed by atoms with Crippen LogP contribution in [0.4, 0.5) is 15.9 Å². The van der Waals surface area contributed by atoms with Crippen LogP contribution in [0.1, 0.15) is 9.67 Å². The van der Waals surface area contributed by atoms with E-state index in [2.05, 4.69) is 15.6 Å². The first-order valence-electron chi connectivity index (χ1n) is 9.18. The predicted octanol–water partition coefficient (Wildman–Crippen LogP) is 4.50. The van der Waals surface area contributed by atoms with E-state index < -0.39 is 23.6 Å². The van der Waals surface area contributed by atoms with Crippen LogP contribution in [-0.2, 0) is 9.59 Å². The molecule has 32 heavy (non-hydrogen) atoms. The molecular weight excluding hydrogens is 437 g/mol. The van der Waals surface area contributed by atoms with Gasteiger partial charge in [0.25, 0.3) is 11.1 Å². The first-order chi connectivity index (χ1) is 15.4. The van der Waals surface area contributed by atoms with E-state index >= 15 is 0 Å². The van der Waals surface area contributed by atoms with Gasteiger partial charge in [0.05, 0.1) is 0 Å². The molecule has 0 saturated carbocycles.